The summed E-state index contributed by atoms with van der Waals surface area (Å²) in [5.41, 5.74) is 2.44. The smallest absolute Gasteiger partial charge is 0.187 e. The number of ether oxygens (including phenoxy) is 5. The molecule has 1 aromatic carbocycles. The molecule has 36 heavy (non-hydrogen) atoms. The van der Waals surface area contributed by atoms with E-state index in [1.54, 1.807) is 6.20 Å². The van der Waals surface area contributed by atoms with Crippen molar-refractivity contribution in [1.29, 1.82) is 0 Å². The number of aliphatic hydroxyl groups is 6. The maximum atomic E-state index is 10.8. The zero-order chi connectivity index (χ0) is 25.4. The van der Waals surface area contributed by atoms with Crippen LogP contribution < -0.4 is 0 Å². The zero-order valence-electron chi connectivity index (χ0n) is 19.1. The molecule has 0 aliphatic carbocycles. The third-order valence-electron chi connectivity index (χ3n) is 6.61. The van der Waals surface area contributed by atoms with Crippen molar-refractivity contribution in [2.24, 2.45) is 0 Å². The maximum absolute atomic E-state index is 10.8. The molecule has 0 spiro atoms. The molecule has 3 aliphatic rings. The maximum Gasteiger partial charge on any atom is 0.187 e. The minimum Gasteiger partial charge on any atom is -0.394 e. The highest BCUT2D eigenvalue weighted by Crippen LogP contribution is 2.36. The topological polar surface area (TPSA) is 180 Å². The molecule has 11 atom stereocenters. The highest BCUT2D eigenvalue weighted by molar-refractivity contribution is 5.59. The number of pyridine rings is 1. The average molecular weight is 507 g/mol. The molecular formula is C24H29NO11. The van der Waals surface area contributed by atoms with Crippen molar-refractivity contribution < 1.29 is 54.3 Å². The Hall–Kier alpha value is -2.07. The molecule has 4 heterocycles. The normalized spacial score (nSPS) is 41.0. The predicted octanol–water partition coefficient (Wildman–Crippen LogP) is -1.57. The summed E-state index contributed by atoms with van der Waals surface area (Å²) < 4.78 is 28.1. The first-order valence-corrected chi connectivity index (χ1v) is 11.6. The number of hydrogen-bond donors (Lipinski definition) is 6. The Kier molecular flexibility index (Phi) is 7.62. The summed E-state index contributed by atoms with van der Waals surface area (Å²) in [7, 11) is 0. The van der Waals surface area contributed by atoms with Gasteiger partial charge in [-0.2, -0.15) is 0 Å². The number of benzene rings is 1. The fourth-order valence-corrected chi connectivity index (χ4v) is 4.59. The molecule has 196 valence electrons. The van der Waals surface area contributed by atoms with Gasteiger partial charge in [-0.05, 0) is 12.1 Å². The molecule has 0 saturated carbocycles. The van der Waals surface area contributed by atoms with E-state index < -0.39 is 74.3 Å². The second-order valence-electron chi connectivity index (χ2n) is 8.96. The quantitative estimate of drug-likeness (QED) is 0.274. The first-order chi connectivity index (χ1) is 17.4. The minimum absolute atomic E-state index is 0.00938. The van der Waals surface area contributed by atoms with E-state index in [0.717, 1.165) is 11.3 Å². The summed E-state index contributed by atoms with van der Waals surface area (Å²) in [6, 6.07) is 13.0. The number of fused-ring (bicyclic) bond motifs is 1. The van der Waals surface area contributed by atoms with Crippen molar-refractivity contribution in [2.45, 2.75) is 67.7 Å². The van der Waals surface area contributed by atoms with Crippen LogP contribution in [0, 0.1) is 0 Å². The number of aromatic nitrogens is 1. The largest absolute Gasteiger partial charge is 0.394 e. The van der Waals surface area contributed by atoms with E-state index in [0.29, 0.717) is 5.56 Å². The van der Waals surface area contributed by atoms with Crippen LogP contribution in [0.1, 0.15) is 11.9 Å². The van der Waals surface area contributed by atoms with E-state index in [-0.39, 0.29) is 6.61 Å². The first-order valence-electron chi connectivity index (χ1n) is 11.6. The van der Waals surface area contributed by atoms with E-state index in [4.69, 9.17) is 23.7 Å². The van der Waals surface area contributed by atoms with E-state index >= 15 is 0 Å². The van der Waals surface area contributed by atoms with Crippen LogP contribution in [0.2, 0.25) is 0 Å². The molecule has 3 saturated heterocycles. The van der Waals surface area contributed by atoms with Gasteiger partial charge >= 0.3 is 0 Å². The van der Waals surface area contributed by atoms with Gasteiger partial charge in [-0.3, -0.25) is 4.98 Å². The molecule has 1 aromatic heterocycles. The van der Waals surface area contributed by atoms with Crippen LogP contribution in [0.15, 0.2) is 48.7 Å². The lowest BCUT2D eigenvalue weighted by molar-refractivity contribution is -0.384. The lowest BCUT2D eigenvalue weighted by Crippen LogP contribution is -2.65. The van der Waals surface area contributed by atoms with Gasteiger partial charge < -0.3 is 54.3 Å². The molecule has 12 nitrogen and oxygen atoms in total. The molecule has 3 fully saturated rings. The van der Waals surface area contributed by atoms with Crippen molar-refractivity contribution in [1.82, 2.24) is 4.98 Å². The predicted molar refractivity (Wildman–Crippen MR) is 119 cm³/mol. The standard InChI is InChI=1S/C24H29NO11/c26-9-14-20(16(27)18(29)22(31)33-14)36-24-19(30)17(28)21-15(34-24)10-32-23(35-21)12-6-4-11(5-7-12)13-3-1-2-8-25-13/h1-8,14-24,26-31H,9-10H2/t14-,15-,16-,17-,18-,19-,20-,21+,22?,23+,24+/m1/s1. The number of aliphatic hydroxyl groups excluding tert-OH is 6. The zero-order valence-corrected chi connectivity index (χ0v) is 19.1. The Balaban J connectivity index is 1.24. The highest BCUT2D eigenvalue weighted by atomic mass is 16.8. The van der Waals surface area contributed by atoms with Gasteiger partial charge in [-0.1, -0.05) is 30.3 Å². The highest BCUT2D eigenvalue weighted by Gasteiger charge is 2.52. The summed E-state index contributed by atoms with van der Waals surface area (Å²) in [6.07, 6.45) is -13.0. The molecule has 3 aliphatic heterocycles. The molecule has 2 aromatic rings. The van der Waals surface area contributed by atoms with Crippen LogP contribution in [-0.4, -0.2) is 110 Å². The first kappa shape index (κ1) is 25.6. The molecule has 6 N–H and O–H groups in total. The van der Waals surface area contributed by atoms with Gasteiger partial charge in [0.25, 0.3) is 0 Å². The van der Waals surface area contributed by atoms with Gasteiger partial charge in [0.05, 0.1) is 18.9 Å². The van der Waals surface area contributed by atoms with Crippen molar-refractivity contribution in [2.75, 3.05) is 13.2 Å². The molecular weight excluding hydrogens is 478 g/mol. The number of rotatable bonds is 5. The third-order valence-corrected chi connectivity index (χ3v) is 6.61. The van der Waals surface area contributed by atoms with Crippen LogP contribution in [0.4, 0.5) is 0 Å². The summed E-state index contributed by atoms with van der Waals surface area (Å²) in [5.74, 6) is 0. The van der Waals surface area contributed by atoms with Crippen LogP contribution in [0.25, 0.3) is 11.3 Å². The second kappa shape index (κ2) is 10.7. The monoisotopic (exact) mass is 507 g/mol. The Morgan fingerprint density at radius 2 is 1.64 bits per heavy atom. The lowest BCUT2D eigenvalue weighted by atomic mass is 9.96. The Morgan fingerprint density at radius 3 is 2.33 bits per heavy atom. The Bertz CT molecular complexity index is 991. The fourth-order valence-electron chi connectivity index (χ4n) is 4.59. The van der Waals surface area contributed by atoms with Crippen LogP contribution in [-0.2, 0) is 23.7 Å². The van der Waals surface area contributed by atoms with Crippen molar-refractivity contribution in [3.63, 3.8) is 0 Å². The molecule has 0 bridgehead atoms. The van der Waals surface area contributed by atoms with Gasteiger partial charge in [-0.15, -0.1) is 0 Å². The van der Waals surface area contributed by atoms with Gasteiger partial charge in [0.15, 0.2) is 18.9 Å². The molecule has 0 radical (unpaired) electrons. The number of nitrogens with zero attached hydrogens (tertiary/aromatic N) is 1. The van der Waals surface area contributed by atoms with Gasteiger partial charge in [0.2, 0.25) is 0 Å². The van der Waals surface area contributed by atoms with Crippen LogP contribution in [0.3, 0.4) is 0 Å². The van der Waals surface area contributed by atoms with Gasteiger partial charge in [0, 0.05) is 17.3 Å². The average Bonchev–Trinajstić information content (AvgIpc) is 2.92. The number of hydrogen-bond acceptors (Lipinski definition) is 12. The fraction of sp³-hybridized carbons (Fsp3) is 0.542. The molecule has 0 amide bonds. The van der Waals surface area contributed by atoms with Gasteiger partial charge in [-0.25, -0.2) is 0 Å². The molecule has 1 unspecified atom stereocenters. The summed E-state index contributed by atoms with van der Waals surface area (Å²) >= 11 is 0. The van der Waals surface area contributed by atoms with Crippen molar-refractivity contribution in [3.8, 4) is 11.3 Å². The van der Waals surface area contributed by atoms with E-state index in [1.165, 1.54) is 0 Å². The summed E-state index contributed by atoms with van der Waals surface area (Å²) in [5, 5.41) is 60.8. The van der Waals surface area contributed by atoms with E-state index in [1.807, 2.05) is 42.5 Å². The molecule has 5 rings (SSSR count). The second-order valence-corrected chi connectivity index (χ2v) is 8.96. The van der Waals surface area contributed by atoms with E-state index in [9.17, 15) is 30.6 Å². The Morgan fingerprint density at radius 1 is 0.861 bits per heavy atom. The Labute approximate surface area is 206 Å². The van der Waals surface area contributed by atoms with Crippen molar-refractivity contribution in [3.05, 3.63) is 54.2 Å². The van der Waals surface area contributed by atoms with Crippen LogP contribution in [0.5, 0.6) is 0 Å². The minimum atomic E-state index is -1.72. The SMILES string of the molecule is OC[C@H]1OC(O)[C@H](O)[C@@H](O)[C@@H]1O[C@@H]1O[C@@H]2CO[C@H](c3ccc(-c4ccccn4)cc3)O[C@@H]2[C@H](O)[C@H]1O. The summed E-state index contributed by atoms with van der Waals surface area (Å²) in [6.45, 7) is -0.634. The lowest BCUT2D eigenvalue weighted by Gasteiger charge is -2.48. The third kappa shape index (κ3) is 4.90. The summed E-state index contributed by atoms with van der Waals surface area (Å²) in [4.78, 5) is 4.32. The molecule has 12 heteroatoms. The van der Waals surface area contributed by atoms with Crippen LogP contribution >= 0.6 is 0 Å². The van der Waals surface area contributed by atoms with Gasteiger partial charge in [0.1, 0.15) is 48.8 Å². The van der Waals surface area contributed by atoms with Crippen molar-refractivity contribution >= 4 is 0 Å². The van der Waals surface area contributed by atoms with E-state index in [2.05, 4.69) is 4.98 Å².